The fourth-order valence-corrected chi connectivity index (χ4v) is 2.07. The van der Waals surface area contributed by atoms with Gasteiger partial charge in [-0.1, -0.05) is 42.5 Å². The van der Waals surface area contributed by atoms with Gasteiger partial charge in [0.2, 0.25) is 0 Å². The largest absolute Gasteiger partial charge is 0.347 e. The predicted molar refractivity (Wildman–Crippen MR) is 78.9 cm³/mol. The Morgan fingerprint density at radius 2 is 1.40 bits per heavy atom. The highest BCUT2D eigenvalue weighted by atomic mass is 16.2. The lowest BCUT2D eigenvalue weighted by molar-refractivity contribution is 0.502. The summed E-state index contributed by atoms with van der Waals surface area (Å²) >= 11 is 0. The monoisotopic (exact) mass is 271 g/mol. The Bertz CT molecular complexity index is 678. The molecule has 1 heterocycles. The molecule has 104 valence electrons. The van der Waals surface area contributed by atoms with Crippen LogP contribution in [0.2, 0.25) is 0 Å². The van der Waals surface area contributed by atoms with E-state index in [0.717, 1.165) is 5.56 Å². The summed E-state index contributed by atoms with van der Waals surface area (Å²) in [6, 6.07) is 9.42. The van der Waals surface area contributed by atoms with Crippen LogP contribution in [-0.4, -0.2) is 13.9 Å². The van der Waals surface area contributed by atoms with E-state index in [4.69, 9.17) is 0 Å². The number of aromatic nitrogens is 3. The lowest BCUT2D eigenvalue weighted by Crippen LogP contribution is -2.29. The molecule has 0 aliphatic carbocycles. The maximum Gasteiger partial charge on any atom is 0.347 e. The van der Waals surface area contributed by atoms with Crippen LogP contribution in [0.25, 0.3) is 0 Å². The molecule has 0 saturated carbocycles. The Balaban J connectivity index is 2.51. The molecule has 0 radical (unpaired) electrons. The third-order valence-corrected chi connectivity index (χ3v) is 2.98. The van der Waals surface area contributed by atoms with Gasteiger partial charge in [-0.05, 0) is 5.56 Å². The molecule has 2 rings (SSSR count). The van der Waals surface area contributed by atoms with Crippen LogP contribution < -0.4 is 11.4 Å². The van der Waals surface area contributed by atoms with Crippen molar-refractivity contribution in [3.8, 4) is 0 Å². The molecule has 5 nitrogen and oxygen atoms in total. The second kappa shape index (κ2) is 6.06. The van der Waals surface area contributed by atoms with Crippen LogP contribution in [-0.2, 0) is 19.6 Å². The van der Waals surface area contributed by atoms with Gasteiger partial charge in [-0.15, -0.1) is 13.2 Å². The van der Waals surface area contributed by atoms with E-state index in [2.05, 4.69) is 13.2 Å². The number of rotatable bonds is 6. The van der Waals surface area contributed by atoms with Gasteiger partial charge in [-0.2, -0.15) is 0 Å². The molecule has 0 fully saturated rings. The minimum atomic E-state index is -0.333. The lowest BCUT2D eigenvalue weighted by atomic mass is 10.2. The zero-order valence-electron chi connectivity index (χ0n) is 11.2. The maximum atomic E-state index is 12.3. The molecule has 0 saturated heterocycles. The summed E-state index contributed by atoms with van der Waals surface area (Å²) in [6.07, 6.45) is 3.18. The molecule has 0 amide bonds. The molecule has 2 aromatic rings. The third-order valence-electron chi connectivity index (χ3n) is 2.98. The van der Waals surface area contributed by atoms with Crippen molar-refractivity contribution in [1.29, 1.82) is 0 Å². The standard InChI is InChI=1S/C15H17N3O2/c1-3-10-17-14(19)16(15(20)18(17)11-4-2)12-13-8-6-5-7-9-13/h3-9H,1-2,10-12H2. The second-order valence-corrected chi connectivity index (χ2v) is 4.38. The van der Waals surface area contributed by atoms with Gasteiger partial charge in [0.05, 0.1) is 19.6 Å². The van der Waals surface area contributed by atoms with Gasteiger partial charge < -0.3 is 0 Å². The zero-order valence-corrected chi connectivity index (χ0v) is 11.2. The number of allylic oxidation sites excluding steroid dienone is 2. The van der Waals surface area contributed by atoms with Crippen LogP contribution in [0.3, 0.4) is 0 Å². The third kappa shape index (κ3) is 2.56. The first-order valence-corrected chi connectivity index (χ1v) is 6.35. The number of benzene rings is 1. The first-order chi connectivity index (χ1) is 9.69. The summed E-state index contributed by atoms with van der Waals surface area (Å²) in [6.45, 7) is 8.08. The topological polar surface area (TPSA) is 48.9 Å². The van der Waals surface area contributed by atoms with Crippen LogP contribution in [0.15, 0.2) is 65.2 Å². The van der Waals surface area contributed by atoms with Crippen molar-refractivity contribution in [3.05, 3.63) is 82.2 Å². The Hall–Kier alpha value is -2.56. The van der Waals surface area contributed by atoms with Crippen molar-refractivity contribution < 1.29 is 0 Å². The van der Waals surface area contributed by atoms with E-state index in [1.807, 2.05) is 30.3 Å². The molecule has 0 aliphatic rings. The Labute approximate surface area is 116 Å². The molecule has 0 bridgehead atoms. The highest BCUT2D eigenvalue weighted by Gasteiger charge is 2.14. The SMILES string of the molecule is C=CCn1c(=O)n(Cc2ccccc2)c(=O)n1CC=C. The van der Waals surface area contributed by atoms with Crippen molar-refractivity contribution in [3.63, 3.8) is 0 Å². The summed E-state index contributed by atoms with van der Waals surface area (Å²) in [5.74, 6) is 0. The van der Waals surface area contributed by atoms with E-state index in [9.17, 15) is 9.59 Å². The predicted octanol–water partition coefficient (Wildman–Crippen LogP) is 1.23. The minimum Gasteiger partial charge on any atom is -0.246 e. The van der Waals surface area contributed by atoms with Crippen molar-refractivity contribution in [1.82, 2.24) is 13.9 Å². The molecule has 1 aromatic heterocycles. The van der Waals surface area contributed by atoms with Crippen molar-refractivity contribution in [2.75, 3.05) is 0 Å². The fourth-order valence-electron chi connectivity index (χ4n) is 2.07. The first-order valence-electron chi connectivity index (χ1n) is 6.35. The molecule has 20 heavy (non-hydrogen) atoms. The average Bonchev–Trinajstić information content (AvgIpc) is 2.67. The van der Waals surface area contributed by atoms with Crippen LogP contribution in [0.4, 0.5) is 0 Å². The summed E-state index contributed by atoms with van der Waals surface area (Å²) in [5.41, 5.74) is 0.245. The number of hydrogen-bond donors (Lipinski definition) is 0. The minimum absolute atomic E-state index is 0.264. The molecular weight excluding hydrogens is 254 g/mol. The van der Waals surface area contributed by atoms with Crippen molar-refractivity contribution in [2.24, 2.45) is 0 Å². The van der Waals surface area contributed by atoms with Gasteiger partial charge in [0.1, 0.15) is 0 Å². The van der Waals surface area contributed by atoms with Crippen molar-refractivity contribution in [2.45, 2.75) is 19.6 Å². The molecule has 0 atom stereocenters. The van der Waals surface area contributed by atoms with E-state index in [0.29, 0.717) is 13.1 Å². The highest BCUT2D eigenvalue weighted by molar-refractivity contribution is 5.14. The summed E-state index contributed by atoms with van der Waals surface area (Å²) in [4.78, 5) is 24.6. The van der Waals surface area contributed by atoms with Crippen LogP contribution in [0.5, 0.6) is 0 Å². The smallest absolute Gasteiger partial charge is 0.246 e. The van der Waals surface area contributed by atoms with Gasteiger partial charge in [-0.3, -0.25) is 0 Å². The molecule has 0 unspecified atom stereocenters. The van der Waals surface area contributed by atoms with Gasteiger partial charge in [0.15, 0.2) is 0 Å². The molecule has 0 aliphatic heterocycles. The molecule has 0 spiro atoms. The molecular formula is C15H17N3O2. The summed E-state index contributed by atoms with van der Waals surface area (Å²) in [5, 5.41) is 0. The van der Waals surface area contributed by atoms with E-state index in [1.165, 1.54) is 13.9 Å². The number of nitrogens with zero attached hydrogens (tertiary/aromatic N) is 3. The quantitative estimate of drug-likeness (QED) is 0.742. The molecule has 1 aromatic carbocycles. The van der Waals surface area contributed by atoms with Crippen molar-refractivity contribution >= 4 is 0 Å². The Morgan fingerprint density at radius 3 is 1.85 bits per heavy atom. The lowest BCUT2D eigenvalue weighted by Gasteiger charge is -2.03. The van der Waals surface area contributed by atoms with Crippen LogP contribution in [0, 0.1) is 0 Å². The average molecular weight is 271 g/mol. The Morgan fingerprint density at radius 1 is 0.900 bits per heavy atom. The Kier molecular flexibility index (Phi) is 4.20. The molecule has 0 N–H and O–H groups in total. The highest BCUT2D eigenvalue weighted by Crippen LogP contribution is 1.99. The summed E-state index contributed by atoms with van der Waals surface area (Å²) in [7, 11) is 0. The van der Waals surface area contributed by atoms with Crippen LogP contribution >= 0.6 is 0 Å². The van der Waals surface area contributed by atoms with Gasteiger partial charge >= 0.3 is 11.4 Å². The van der Waals surface area contributed by atoms with Gasteiger partial charge in [0.25, 0.3) is 0 Å². The van der Waals surface area contributed by atoms with Gasteiger partial charge in [0, 0.05) is 0 Å². The van der Waals surface area contributed by atoms with Gasteiger partial charge in [-0.25, -0.2) is 23.5 Å². The zero-order chi connectivity index (χ0) is 14.5. The maximum absolute atomic E-state index is 12.3. The van der Waals surface area contributed by atoms with E-state index < -0.39 is 0 Å². The van der Waals surface area contributed by atoms with Crippen LogP contribution in [0.1, 0.15) is 5.56 Å². The molecule has 5 heteroatoms. The first kappa shape index (κ1) is 13.9. The fraction of sp³-hybridized carbons (Fsp3) is 0.200. The number of hydrogen-bond acceptors (Lipinski definition) is 2. The van der Waals surface area contributed by atoms with E-state index in [1.54, 1.807) is 12.2 Å². The van der Waals surface area contributed by atoms with E-state index >= 15 is 0 Å². The van der Waals surface area contributed by atoms with E-state index in [-0.39, 0.29) is 17.9 Å². The second-order valence-electron chi connectivity index (χ2n) is 4.38. The normalized spacial score (nSPS) is 10.4. The summed E-state index contributed by atoms with van der Waals surface area (Å²) < 4.78 is 3.97.